The molecular formula is C17H18BrFN2. The molecule has 0 heterocycles. The first-order chi connectivity index (χ1) is 10.2. The number of hydrogen-bond donors (Lipinski definition) is 2. The monoisotopic (exact) mass is 348 g/mol. The molecule has 0 saturated heterocycles. The van der Waals surface area contributed by atoms with Crippen molar-refractivity contribution in [1.29, 1.82) is 0 Å². The van der Waals surface area contributed by atoms with Gasteiger partial charge in [0.25, 0.3) is 0 Å². The van der Waals surface area contributed by atoms with E-state index < -0.39 is 0 Å². The minimum absolute atomic E-state index is 0.170. The lowest BCUT2D eigenvalue weighted by Gasteiger charge is -2.16. The molecule has 2 nitrogen and oxygen atoms in total. The fraction of sp³-hybridized carbons (Fsp3) is 0.294. The van der Waals surface area contributed by atoms with Crippen molar-refractivity contribution in [2.75, 3.05) is 0 Å². The maximum atomic E-state index is 13.5. The largest absolute Gasteiger partial charge is 0.271 e. The van der Waals surface area contributed by atoms with Crippen LogP contribution in [-0.2, 0) is 6.42 Å². The van der Waals surface area contributed by atoms with Crippen molar-refractivity contribution in [1.82, 2.24) is 5.43 Å². The third kappa shape index (κ3) is 3.51. The van der Waals surface area contributed by atoms with E-state index in [1.54, 1.807) is 6.07 Å². The Morgan fingerprint density at radius 1 is 1.24 bits per heavy atom. The first-order valence-electron chi connectivity index (χ1n) is 7.13. The molecule has 0 aliphatic heterocycles. The van der Waals surface area contributed by atoms with Gasteiger partial charge in [0.05, 0.1) is 0 Å². The summed E-state index contributed by atoms with van der Waals surface area (Å²) in [5.74, 6) is 6.58. The Hall–Kier alpha value is -1.23. The van der Waals surface area contributed by atoms with Crippen molar-refractivity contribution in [3.05, 3.63) is 69.9 Å². The lowest BCUT2D eigenvalue weighted by atomic mass is 9.99. The zero-order chi connectivity index (χ0) is 14.8. The predicted molar refractivity (Wildman–Crippen MR) is 86.2 cm³/mol. The summed E-state index contributed by atoms with van der Waals surface area (Å²) in [6.45, 7) is 0. The smallest absolute Gasteiger partial charge is 0.124 e. The van der Waals surface area contributed by atoms with Crippen LogP contribution in [0.25, 0.3) is 0 Å². The van der Waals surface area contributed by atoms with Gasteiger partial charge in [0.15, 0.2) is 0 Å². The zero-order valence-corrected chi connectivity index (χ0v) is 13.2. The molecule has 2 aromatic rings. The van der Waals surface area contributed by atoms with Gasteiger partial charge in [-0.25, -0.2) is 4.39 Å². The molecule has 1 aliphatic rings. The zero-order valence-electron chi connectivity index (χ0n) is 11.6. The minimum Gasteiger partial charge on any atom is -0.271 e. The fourth-order valence-corrected chi connectivity index (χ4v) is 3.57. The summed E-state index contributed by atoms with van der Waals surface area (Å²) in [6, 6.07) is 15.7. The second kappa shape index (κ2) is 6.26. The van der Waals surface area contributed by atoms with E-state index >= 15 is 0 Å². The number of rotatable bonds is 5. The summed E-state index contributed by atoms with van der Waals surface area (Å²) in [4.78, 5) is 0. The van der Waals surface area contributed by atoms with Gasteiger partial charge in [0.2, 0.25) is 0 Å². The predicted octanol–water partition coefficient (Wildman–Crippen LogP) is 3.77. The van der Waals surface area contributed by atoms with E-state index in [1.165, 1.54) is 11.6 Å². The molecule has 0 bridgehead atoms. The summed E-state index contributed by atoms with van der Waals surface area (Å²) in [6.07, 6.45) is 1.87. The molecule has 3 unspecified atom stereocenters. The molecule has 110 valence electrons. The van der Waals surface area contributed by atoms with Gasteiger partial charge in [-0.1, -0.05) is 46.3 Å². The number of nitrogens with two attached hydrogens (primary N) is 1. The summed E-state index contributed by atoms with van der Waals surface area (Å²) in [5, 5.41) is 0. The van der Waals surface area contributed by atoms with E-state index in [-0.39, 0.29) is 11.9 Å². The van der Waals surface area contributed by atoms with Gasteiger partial charge in [0, 0.05) is 10.5 Å². The molecule has 2 aromatic carbocycles. The van der Waals surface area contributed by atoms with Crippen molar-refractivity contribution in [2.24, 2.45) is 11.8 Å². The van der Waals surface area contributed by atoms with E-state index in [0.717, 1.165) is 22.9 Å². The van der Waals surface area contributed by atoms with Gasteiger partial charge in [-0.15, -0.1) is 0 Å². The minimum atomic E-state index is -0.217. The van der Waals surface area contributed by atoms with Gasteiger partial charge in [-0.2, -0.15) is 0 Å². The molecular weight excluding hydrogens is 331 g/mol. The molecule has 0 amide bonds. The Bertz CT molecular complexity index is 597. The van der Waals surface area contributed by atoms with E-state index in [9.17, 15) is 4.39 Å². The SMILES string of the molecule is NNC(Cc1cc(F)cc(Br)c1)C1CC1c1ccccc1. The van der Waals surface area contributed by atoms with Gasteiger partial charge in [-0.05, 0) is 54.0 Å². The number of hydrogen-bond acceptors (Lipinski definition) is 2. The van der Waals surface area contributed by atoms with Crippen LogP contribution in [0, 0.1) is 11.7 Å². The highest BCUT2D eigenvalue weighted by Crippen LogP contribution is 2.49. The van der Waals surface area contributed by atoms with Gasteiger partial charge < -0.3 is 0 Å². The van der Waals surface area contributed by atoms with E-state index in [4.69, 9.17) is 5.84 Å². The second-order valence-electron chi connectivity index (χ2n) is 5.67. The van der Waals surface area contributed by atoms with Gasteiger partial charge in [0.1, 0.15) is 5.82 Å². The van der Waals surface area contributed by atoms with Crippen molar-refractivity contribution in [3.63, 3.8) is 0 Å². The van der Waals surface area contributed by atoms with Crippen molar-refractivity contribution < 1.29 is 4.39 Å². The Labute approximate surface area is 132 Å². The van der Waals surface area contributed by atoms with E-state index in [1.807, 2.05) is 12.1 Å². The summed E-state index contributed by atoms with van der Waals surface area (Å²) >= 11 is 3.33. The molecule has 1 aliphatic carbocycles. The normalized spacial score (nSPS) is 22.0. The van der Waals surface area contributed by atoms with Crippen LogP contribution in [0.2, 0.25) is 0 Å². The molecule has 4 heteroatoms. The fourth-order valence-electron chi connectivity index (χ4n) is 3.06. The van der Waals surface area contributed by atoms with Crippen LogP contribution < -0.4 is 11.3 Å². The Morgan fingerprint density at radius 3 is 2.67 bits per heavy atom. The molecule has 21 heavy (non-hydrogen) atoms. The number of hydrazine groups is 1. The van der Waals surface area contributed by atoms with Crippen molar-refractivity contribution in [3.8, 4) is 0 Å². The maximum Gasteiger partial charge on any atom is 0.124 e. The van der Waals surface area contributed by atoms with E-state index in [2.05, 4.69) is 45.6 Å². The highest BCUT2D eigenvalue weighted by molar-refractivity contribution is 9.10. The van der Waals surface area contributed by atoms with Crippen LogP contribution in [0.5, 0.6) is 0 Å². The number of nitrogens with one attached hydrogen (secondary N) is 1. The van der Waals surface area contributed by atoms with Crippen LogP contribution in [0.3, 0.4) is 0 Å². The number of benzene rings is 2. The highest BCUT2D eigenvalue weighted by Gasteiger charge is 2.43. The maximum absolute atomic E-state index is 13.5. The average Bonchev–Trinajstić information content (AvgIpc) is 3.25. The summed E-state index contributed by atoms with van der Waals surface area (Å²) in [7, 11) is 0. The van der Waals surface area contributed by atoms with Crippen molar-refractivity contribution in [2.45, 2.75) is 24.8 Å². The molecule has 0 aromatic heterocycles. The van der Waals surface area contributed by atoms with Gasteiger partial charge >= 0.3 is 0 Å². The topological polar surface area (TPSA) is 38.0 Å². The molecule has 3 rings (SSSR count). The van der Waals surface area contributed by atoms with Crippen LogP contribution in [-0.4, -0.2) is 6.04 Å². The van der Waals surface area contributed by atoms with Crippen LogP contribution in [0.4, 0.5) is 4.39 Å². The molecule has 3 N–H and O–H groups in total. The molecule has 1 saturated carbocycles. The molecule has 0 radical (unpaired) electrons. The van der Waals surface area contributed by atoms with Crippen LogP contribution in [0.15, 0.2) is 53.0 Å². The summed E-state index contributed by atoms with van der Waals surface area (Å²) < 4.78 is 14.2. The highest BCUT2D eigenvalue weighted by atomic mass is 79.9. The van der Waals surface area contributed by atoms with Gasteiger partial charge in [-0.3, -0.25) is 11.3 Å². The Kier molecular flexibility index (Phi) is 4.38. The lowest BCUT2D eigenvalue weighted by Crippen LogP contribution is -2.38. The van der Waals surface area contributed by atoms with E-state index in [0.29, 0.717) is 11.8 Å². The quantitative estimate of drug-likeness (QED) is 0.637. The second-order valence-corrected chi connectivity index (χ2v) is 6.59. The first-order valence-corrected chi connectivity index (χ1v) is 7.92. The summed E-state index contributed by atoms with van der Waals surface area (Å²) in [5.41, 5.74) is 5.24. The third-order valence-corrected chi connectivity index (χ3v) is 4.63. The first kappa shape index (κ1) is 14.7. The standard InChI is InChI=1S/C17H18BrFN2/c18-13-6-11(7-14(19)9-13)8-17(21-20)16-10-15(16)12-4-2-1-3-5-12/h1-7,9,15-17,21H,8,10,20H2. The van der Waals surface area contributed by atoms with Crippen LogP contribution in [0.1, 0.15) is 23.5 Å². The number of halogens is 2. The Morgan fingerprint density at radius 2 is 2.00 bits per heavy atom. The Balaban J connectivity index is 1.69. The van der Waals surface area contributed by atoms with Crippen LogP contribution >= 0.6 is 15.9 Å². The molecule has 0 spiro atoms. The molecule has 3 atom stereocenters. The lowest BCUT2D eigenvalue weighted by molar-refractivity contribution is 0.463. The third-order valence-electron chi connectivity index (χ3n) is 4.18. The average molecular weight is 349 g/mol. The molecule has 1 fully saturated rings. The van der Waals surface area contributed by atoms with Crippen molar-refractivity contribution >= 4 is 15.9 Å².